The van der Waals surface area contributed by atoms with Crippen LogP contribution < -0.4 is 0 Å². The number of carbonyl (C=O) groups is 1. The first-order chi connectivity index (χ1) is 14.2. The summed E-state index contributed by atoms with van der Waals surface area (Å²) in [5.41, 5.74) is 5.63. The van der Waals surface area contributed by atoms with Crippen molar-refractivity contribution in [1.29, 1.82) is 0 Å². The average Bonchev–Trinajstić information content (AvgIpc) is 3.44. The lowest BCUT2D eigenvalue weighted by Gasteiger charge is -2.21. The Morgan fingerprint density at radius 2 is 1.83 bits per heavy atom. The Labute approximate surface area is 167 Å². The van der Waals surface area contributed by atoms with Crippen LogP contribution in [-0.2, 0) is 0 Å². The summed E-state index contributed by atoms with van der Waals surface area (Å²) in [6.45, 7) is 2.05. The summed E-state index contributed by atoms with van der Waals surface area (Å²) < 4.78 is 5.34. The summed E-state index contributed by atoms with van der Waals surface area (Å²) in [5.74, 6) is 0.00541. The third-order valence-corrected chi connectivity index (χ3v) is 5.11. The van der Waals surface area contributed by atoms with Crippen LogP contribution in [0.5, 0.6) is 0 Å². The molecular formula is C23H18N4O2. The van der Waals surface area contributed by atoms with E-state index in [2.05, 4.69) is 27.2 Å². The number of hydrazone groups is 1. The van der Waals surface area contributed by atoms with Gasteiger partial charge in [-0.3, -0.25) is 14.8 Å². The lowest BCUT2D eigenvalue weighted by molar-refractivity contribution is 0.0678. The van der Waals surface area contributed by atoms with Crippen molar-refractivity contribution < 1.29 is 9.21 Å². The Morgan fingerprint density at radius 3 is 2.59 bits per heavy atom. The number of carbonyl (C=O) groups excluding carboxylic acids is 1. The van der Waals surface area contributed by atoms with Gasteiger partial charge in [0.25, 0.3) is 0 Å². The molecule has 0 spiro atoms. The zero-order chi connectivity index (χ0) is 19.8. The minimum Gasteiger partial charge on any atom is -0.459 e. The van der Waals surface area contributed by atoms with E-state index in [0.29, 0.717) is 6.42 Å². The fourth-order valence-electron chi connectivity index (χ4n) is 3.58. The molecule has 0 N–H and O–H groups in total. The smallest absolute Gasteiger partial charge is 0.310 e. The van der Waals surface area contributed by atoms with Crippen molar-refractivity contribution in [3.63, 3.8) is 0 Å². The van der Waals surface area contributed by atoms with Crippen molar-refractivity contribution in [1.82, 2.24) is 15.0 Å². The topological polar surface area (TPSA) is 71.6 Å². The summed E-state index contributed by atoms with van der Waals surface area (Å²) in [7, 11) is 0. The van der Waals surface area contributed by atoms with Crippen LogP contribution in [0.4, 0.5) is 0 Å². The van der Waals surface area contributed by atoms with Crippen LogP contribution in [0, 0.1) is 6.92 Å². The standard InChI is InChI=1S/C23H18N4O2/c1-15-4-6-16(7-5-15)19-14-21(27(26-19)23(28)22-3-2-12-29-22)17-8-9-18-20(13-17)25-11-10-24-18/h2-13,21H,14H2,1H3. The first-order valence-electron chi connectivity index (χ1n) is 9.41. The van der Waals surface area contributed by atoms with E-state index in [0.717, 1.165) is 27.9 Å². The molecule has 0 saturated heterocycles. The maximum absolute atomic E-state index is 13.1. The number of rotatable bonds is 3. The SMILES string of the molecule is Cc1ccc(C2=NN(C(=O)c3ccco3)C(c3ccc4nccnc4c3)C2)cc1. The number of aromatic nitrogens is 2. The van der Waals surface area contributed by atoms with E-state index in [1.54, 1.807) is 24.5 Å². The lowest BCUT2D eigenvalue weighted by atomic mass is 9.97. The van der Waals surface area contributed by atoms with E-state index in [1.165, 1.54) is 16.8 Å². The summed E-state index contributed by atoms with van der Waals surface area (Å²) in [4.78, 5) is 21.8. The van der Waals surface area contributed by atoms with Gasteiger partial charge in [0.2, 0.25) is 0 Å². The van der Waals surface area contributed by atoms with Crippen molar-refractivity contribution in [2.24, 2.45) is 5.10 Å². The average molecular weight is 382 g/mol. The number of aryl methyl sites for hydroxylation is 1. The van der Waals surface area contributed by atoms with Gasteiger partial charge in [-0.15, -0.1) is 0 Å². The van der Waals surface area contributed by atoms with Gasteiger partial charge in [0.05, 0.1) is 29.1 Å². The number of fused-ring (bicyclic) bond motifs is 1. The maximum Gasteiger partial charge on any atom is 0.310 e. The number of hydrogen-bond acceptors (Lipinski definition) is 5. The Hall–Kier alpha value is -3.80. The van der Waals surface area contributed by atoms with Crippen LogP contribution in [0.2, 0.25) is 0 Å². The summed E-state index contributed by atoms with van der Waals surface area (Å²) in [6.07, 6.45) is 5.44. The Bertz CT molecular complexity index is 1210. The van der Waals surface area contributed by atoms with Gasteiger partial charge in [0.15, 0.2) is 5.76 Å². The quantitative estimate of drug-likeness (QED) is 0.522. The molecule has 0 aliphatic carbocycles. The van der Waals surface area contributed by atoms with Gasteiger partial charge < -0.3 is 4.42 Å². The fraction of sp³-hybridized carbons (Fsp3) is 0.130. The molecule has 6 nitrogen and oxygen atoms in total. The predicted octanol–water partition coefficient (Wildman–Crippen LogP) is 4.52. The molecule has 1 unspecified atom stereocenters. The molecule has 2 aromatic heterocycles. The van der Waals surface area contributed by atoms with Crippen molar-refractivity contribution in [2.75, 3.05) is 0 Å². The van der Waals surface area contributed by atoms with Crippen LogP contribution in [0.1, 0.15) is 39.7 Å². The maximum atomic E-state index is 13.1. The zero-order valence-corrected chi connectivity index (χ0v) is 15.8. The van der Waals surface area contributed by atoms with Crippen molar-refractivity contribution in [3.05, 3.63) is 95.7 Å². The Balaban J connectivity index is 1.56. The molecule has 1 amide bonds. The van der Waals surface area contributed by atoms with Crippen LogP contribution in [0.25, 0.3) is 11.0 Å². The lowest BCUT2D eigenvalue weighted by Crippen LogP contribution is -2.26. The molecule has 142 valence electrons. The highest BCUT2D eigenvalue weighted by Gasteiger charge is 2.34. The Kier molecular flexibility index (Phi) is 4.17. The van der Waals surface area contributed by atoms with Crippen LogP contribution in [0.15, 0.2) is 82.8 Å². The second-order valence-electron chi connectivity index (χ2n) is 7.06. The first-order valence-corrected chi connectivity index (χ1v) is 9.41. The van der Waals surface area contributed by atoms with Crippen LogP contribution in [0.3, 0.4) is 0 Å². The zero-order valence-electron chi connectivity index (χ0n) is 15.8. The van der Waals surface area contributed by atoms with E-state index < -0.39 is 0 Å². The molecule has 6 heteroatoms. The summed E-state index contributed by atoms with van der Waals surface area (Å²) >= 11 is 0. The van der Waals surface area contributed by atoms with Crippen LogP contribution in [-0.4, -0.2) is 26.6 Å². The molecule has 2 aromatic carbocycles. The molecule has 1 aliphatic rings. The van der Waals surface area contributed by atoms with Crippen molar-refractivity contribution in [3.8, 4) is 0 Å². The third-order valence-electron chi connectivity index (χ3n) is 5.11. The number of furan rings is 1. The number of hydrogen-bond donors (Lipinski definition) is 0. The van der Waals surface area contributed by atoms with Gasteiger partial charge in [-0.25, -0.2) is 5.01 Å². The fourth-order valence-corrected chi connectivity index (χ4v) is 3.58. The molecule has 0 bridgehead atoms. The van der Waals surface area contributed by atoms with Gasteiger partial charge in [-0.05, 0) is 42.3 Å². The number of nitrogens with zero attached hydrogens (tertiary/aromatic N) is 4. The highest BCUT2D eigenvalue weighted by Crippen LogP contribution is 2.35. The molecule has 5 rings (SSSR count). The van der Waals surface area contributed by atoms with Gasteiger partial charge in [0.1, 0.15) is 0 Å². The number of amides is 1. The van der Waals surface area contributed by atoms with E-state index in [9.17, 15) is 4.79 Å². The van der Waals surface area contributed by atoms with E-state index in [-0.39, 0.29) is 17.7 Å². The Morgan fingerprint density at radius 1 is 1.03 bits per heavy atom. The molecule has 4 aromatic rings. The highest BCUT2D eigenvalue weighted by molar-refractivity contribution is 6.04. The largest absolute Gasteiger partial charge is 0.459 e. The number of benzene rings is 2. The second kappa shape index (κ2) is 6.98. The molecule has 3 heterocycles. The second-order valence-corrected chi connectivity index (χ2v) is 7.06. The monoisotopic (exact) mass is 382 g/mol. The third kappa shape index (κ3) is 3.18. The molecule has 0 fully saturated rings. The van der Waals surface area contributed by atoms with E-state index >= 15 is 0 Å². The molecule has 29 heavy (non-hydrogen) atoms. The van der Waals surface area contributed by atoms with E-state index in [1.807, 2.05) is 37.3 Å². The minimum absolute atomic E-state index is 0.240. The molecular weight excluding hydrogens is 364 g/mol. The summed E-state index contributed by atoms with van der Waals surface area (Å²) in [6, 6.07) is 17.2. The molecule has 1 atom stereocenters. The summed E-state index contributed by atoms with van der Waals surface area (Å²) in [5, 5.41) is 6.21. The minimum atomic E-state index is -0.263. The van der Waals surface area contributed by atoms with Gasteiger partial charge >= 0.3 is 5.91 Å². The van der Waals surface area contributed by atoms with Gasteiger partial charge in [-0.1, -0.05) is 35.9 Å². The molecule has 1 aliphatic heterocycles. The van der Waals surface area contributed by atoms with Crippen molar-refractivity contribution in [2.45, 2.75) is 19.4 Å². The normalized spacial score (nSPS) is 16.2. The molecule has 0 saturated carbocycles. The first kappa shape index (κ1) is 17.3. The molecule has 0 radical (unpaired) electrons. The van der Waals surface area contributed by atoms with Gasteiger partial charge in [0, 0.05) is 18.8 Å². The van der Waals surface area contributed by atoms with Crippen LogP contribution >= 0.6 is 0 Å². The van der Waals surface area contributed by atoms with E-state index in [4.69, 9.17) is 4.42 Å². The van der Waals surface area contributed by atoms with Gasteiger partial charge in [-0.2, -0.15) is 5.10 Å². The highest BCUT2D eigenvalue weighted by atomic mass is 16.3. The van der Waals surface area contributed by atoms with Crippen molar-refractivity contribution >= 4 is 22.7 Å². The predicted molar refractivity (Wildman–Crippen MR) is 109 cm³/mol.